The lowest BCUT2D eigenvalue weighted by Crippen LogP contribution is -2.55. The maximum atomic E-state index is 13.1. The second-order valence-corrected chi connectivity index (χ2v) is 6.18. The number of hydrogen-bond donors (Lipinski definition) is 1. The van der Waals surface area contributed by atoms with Gasteiger partial charge in [0.05, 0.1) is 12.3 Å². The third-order valence-corrected chi connectivity index (χ3v) is 4.35. The van der Waals surface area contributed by atoms with Gasteiger partial charge in [0.15, 0.2) is 11.3 Å². The van der Waals surface area contributed by atoms with Crippen molar-refractivity contribution in [1.29, 1.82) is 0 Å². The lowest BCUT2D eigenvalue weighted by molar-refractivity contribution is -0.147. The molecule has 0 aromatic heterocycles. The van der Waals surface area contributed by atoms with E-state index in [2.05, 4.69) is 10.5 Å². The number of nitrogens with zero attached hydrogens (tertiary/aromatic N) is 2. The van der Waals surface area contributed by atoms with E-state index in [1.165, 1.54) is 31.2 Å². The number of halogens is 1. The second kappa shape index (κ2) is 7.59. The highest BCUT2D eigenvalue weighted by atomic mass is 19.1. The maximum absolute atomic E-state index is 13.1. The molecule has 1 atom stereocenters. The Morgan fingerprint density at radius 2 is 1.79 bits per heavy atom. The van der Waals surface area contributed by atoms with Gasteiger partial charge in [0.2, 0.25) is 0 Å². The molecule has 144 valence electrons. The van der Waals surface area contributed by atoms with E-state index < -0.39 is 29.0 Å². The van der Waals surface area contributed by atoms with E-state index in [1.54, 1.807) is 37.3 Å². The fraction of sp³-hybridized carbons (Fsp3) is 0.200. The summed E-state index contributed by atoms with van der Waals surface area (Å²) in [5.74, 6) is -3.02. The largest absolute Gasteiger partial charge is 0.464 e. The van der Waals surface area contributed by atoms with Crippen molar-refractivity contribution in [2.75, 3.05) is 16.9 Å². The van der Waals surface area contributed by atoms with Crippen molar-refractivity contribution < 1.29 is 23.5 Å². The molecule has 28 heavy (non-hydrogen) atoms. The third kappa shape index (κ3) is 3.24. The van der Waals surface area contributed by atoms with Crippen molar-refractivity contribution >= 4 is 34.7 Å². The summed E-state index contributed by atoms with van der Waals surface area (Å²) in [7, 11) is 0. The number of hydrazone groups is 1. The number of benzene rings is 2. The Morgan fingerprint density at radius 3 is 2.39 bits per heavy atom. The number of carbonyl (C=O) groups is 3. The molecule has 1 unspecified atom stereocenters. The van der Waals surface area contributed by atoms with E-state index in [0.29, 0.717) is 11.4 Å². The first kappa shape index (κ1) is 19.2. The van der Waals surface area contributed by atoms with Crippen LogP contribution in [0, 0.1) is 5.82 Å². The van der Waals surface area contributed by atoms with Crippen LogP contribution in [-0.2, 0) is 19.1 Å². The fourth-order valence-corrected chi connectivity index (χ4v) is 2.95. The molecule has 0 bridgehead atoms. The zero-order valence-corrected chi connectivity index (χ0v) is 15.3. The first-order valence-corrected chi connectivity index (χ1v) is 8.60. The number of esters is 1. The molecule has 1 fully saturated rings. The fourth-order valence-electron chi connectivity index (χ4n) is 2.95. The zero-order chi connectivity index (χ0) is 20.3. The van der Waals surface area contributed by atoms with Crippen LogP contribution in [0.3, 0.4) is 0 Å². The first-order valence-electron chi connectivity index (χ1n) is 8.60. The summed E-state index contributed by atoms with van der Waals surface area (Å²) in [6.45, 7) is 3.10. The average Bonchev–Trinajstić information content (AvgIpc) is 2.89. The lowest BCUT2D eigenvalue weighted by atomic mass is 9.95. The van der Waals surface area contributed by atoms with Crippen LogP contribution in [-0.4, -0.2) is 35.5 Å². The molecular formula is C20H18FN3O4. The topological polar surface area (TPSA) is 88.1 Å². The molecule has 2 aromatic carbocycles. The Labute approximate surface area is 160 Å². The number of nitrogens with one attached hydrogen (secondary N) is 1. The molecule has 1 amide bonds. The van der Waals surface area contributed by atoms with Crippen LogP contribution >= 0.6 is 0 Å². The van der Waals surface area contributed by atoms with Crippen LogP contribution < -0.4 is 10.3 Å². The highest BCUT2D eigenvalue weighted by Gasteiger charge is 2.60. The van der Waals surface area contributed by atoms with Crippen molar-refractivity contribution in [1.82, 2.24) is 0 Å². The van der Waals surface area contributed by atoms with Gasteiger partial charge in [-0.3, -0.25) is 19.9 Å². The minimum atomic E-state index is -1.75. The molecule has 1 heterocycles. The van der Waals surface area contributed by atoms with E-state index in [0.717, 1.165) is 4.90 Å². The van der Waals surface area contributed by atoms with Crippen molar-refractivity contribution in [2.24, 2.45) is 5.10 Å². The highest BCUT2D eigenvalue weighted by Crippen LogP contribution is 2.33. The minimum absolute atomic E-state index is 0.0676. The van der Waals surface area contributed by atoms with Gasteiger partial charge in [-0.2, -0.15) is 5.10 Å². The molecule has 2 aromatic rings. The summed E-state index contributed by atoms with van der Waals surface area (Å²) in [6, 6.07) is 13.6. The third-order valence-electron chi connectivity index (χ3n) is 4.35. The standard InChI is InChI=1S/C20H18FN3O4/c1-3-28-19(27)20(2)17(23-22-14-11-9-13(21)10-12-14)16(25)18(26)24(20)15-7-5-4-6-8-15/h4-12,22H,3H2,1-2H3/b23-17+. The van der Waals surface area contributed by atoms with Gasteiger partial charge in [0.25, 0.3) is 5.78 Å². The maximum Gasteiger partial charge on any atom is 0.338 e. The zero-order valence-electron chi connectivity index (χ0n) is 15.3. The van der Waals surface area contributed by atoms with Crippen molar-refractivity contribution in [3.8, 4) is 0 Å². The Hall–Kier alpha value is -3.55. The van der Waals surface area contributed by atoms with Crippen LogP contribution in [0.15, 0.2) is 59.7 Å². The van der Waals surface area contributed by atoms with E-state index >= 15 is 0 Å². The molecule has 0 radical (unpaired) electrons. The monoisotopic (exact) mass is 383 g/mol. The number of Topliss-reactive ketones (excluding diaryl/α,β-unsaturated/α-hetero) is 1. The van der Waals surface area contributed by atoms with Gasteiger partial charge in [0.1, 0.15) is 5.82 Å². The van der Waals surface area contributed by atoms with Crippen molar-refractivity contribution in [3.05, 3.63) is 60.4 Å². The van der Waals surface area contributed by atoms with E-state index in [-0.39, 0.29) is 12.3 Å². The summed E-state index contributed by atoms with van der Waals surface area (Å²) >= 11 is 0. The van der Waals surface area contributed by atoms with E-state index in [9.17, 15) is 18.8 Å². The number of para-hydroxylation sites is 1. The first-order chi connectivity index (χ1) is 13.4. The Balaban J connectivity index is 2.07. The van der Waals surface area contributed by atoms with Gasteiger partial charge in [-0.05, 0) is 50.2 Å². The summed E-state index contributed by atoms with van der Waals surface area (Å²) in [6.07, 6.45) is 0. The molecule has 0 saturated carbocycles. The molecule has 0 aliphatic carbocycles. The van der Waals surface area contributed by atoms with E-state index in [4.69, 9.17) is 4.74 Å². The van der Waals surface area contributed by atoms with Gasteiger partial charge in [-0.15, -0.1) is 0 Å². The van der Waals surface area contributed by atoms with Crippen LogP contribution in [0.1, 0.15) is 13.8 Å². The summed E-state index contributed by atoms with van der Waals surface area (Å²) in [5.41, 5.74) is 1.30. The quantitative estimate of drug-likeness (QED) is 0.487. The van der Waals surface area contributed by atoms with Crippen LogP contribution in [0.2, 0.25) is 0 Å². The molecule has 1 aliphatic heterocycles. The molecule has 1 N–H and O–H groups in total. The molecule has 0 spiro atoms. The number of hydrogen-bond acceptors (Lipinski definition) is 6. The molecule has 1 saturated heterocycles. The number of ketones is 1. The van der Waals surface area contributed by atoms with E-state index in [1.807, 2.05) is 0 Å². The van der Waals surface area contributed by atoms with Gasteiger partial charge < -0.3 is 4.74 Å². The normalized spacial score (nSPS) is 20.5. The number of rotatable bonds is 5. The summed E-state index contributed by atoms with van der Waals surface area (Å²) in [5, 5.41) is 4.02. The Bertz CT molecular complexity index is 944. The summed E-state index contributed by atoms with van der Waals surface area (Å²) in [4.78, 5) is 39.2. The minimum Gasteiger partial charge on any atom is -0.464 e. The SMILES string of the molecule is CCOC(=O)C1(C)/C(=N/Nc2ccc(F)cc2)C(=O)C(=O)N1c1ccccc1. The predicted molar refractivity (Wildman–Crippen MR) is 101 cm³/mol. The smallest absolute Gasteiger partial charge is 0.338 e. The van der Waals surface area contributed by atoms with Gasteiger partial charge in [-0.1, -0.05) is 18.2 Å². The molecule has 3 rings (SSSR count). The summed E-state index contributed by atoms with van der Waals surface area (Å²) < 4.78 is 18.2. The van der Waals surface area contributed by atoms with Crippen LogP contribution in [0.5, 0.6) is 0 Å². The number of carbonyl (C=O) groups excluding carboxylic acids is 3. The van der Waals surface area contributed by atoms with Crippen LogP contribution in [0.25, 0.3) is 0 Å². The number of amides is 1. The number of ether oxygens (including phenoxy) is 1. The van der Waals surface area contributed by atoms with Gasteiger partial charge >= 0.3 is 11.9 Å². The van der Waals surface area contributed by atoms with Gasteiger partial charge in [0, 0.05) is 5.69 Å². The van der Waals surface area contributed by atoms with Crippen molar-refractivity contribution in [2.45, 2.75) is 19.4 Å². The molecule has 1 aliphatic rings. The molecule has 7 nitrogen and oxygen atoms in total. The Kier molecular flexibility index (Phi) is 5.21. The van der Waals surface area contributed by atoms with Gasteiger partial charge in [-0.25, -0.2) is 9.18 Å². The Morgan fingerprint density at radius 1 is 1.14 bits per heavy atom. The average molecular weight is 383 g/mol. The molecule has 8 heteroatoms. The second-order valence-electron chi connectivity index (χ2n) is 6.18. The highest BCUT2D eigenvalue weighted by molar-refractivity contribution is 6.75. The van der Waals surface area contributed by atoms with Crippen LogP contribution in [0.4, 0.5) is 15.8 Å². The number of anilines is 2. The van der Waals surface area contributed by atoms with Crippen molar-refractivity contribution in [3.63, 3.8) is 0 Å². The lowest BCUT2D eigenvalue weighted by Gasteiger charge is -2.31. The molecular weight excluding hydrogens is 365 g/mol. The predicted octanol–water partition coefficient (Wildman–Crippen LogP) is 2.53.